The number of hydrogen-bond acceptors (Lipinski definition) is 4. The number of amidine groups is 1. The number of allylic oxidation sites excluding steroid dienone is 2. The van der Waals surface area contributed by atoms with Gasteiger partial charge in [0.05, 0.1) is 17.9 Å². The first kappa shape index (κ1) is 34.1. The Morgan fingerprint density at radius 3 is 2.36 bits per heavy atom. The van der Waals surface area contributed by atoms with Gasteiger partial charge in [-0.15, -0.1) is 0 Å². The summed E-state index contributed by atoms with van der Waals surface area (Å²) in [5.74, 6) is -2.41. The summed E-state index contributed by atoms with van der Waals surface area (Å²) in [5.41, 5.74) is 1.34. The van der Waals surface area contributed by atoms with E-state index >= 15 is 0 Å². The molecule has 1 heterocycles. The molecule has 2 aromatic carbocycles. The monoisotopic (exact) mass is 592 g/mol. The molecule has 0 spiro atoms. The third-order valence-corrected chi connectivity index (χ3v) is 6.10. The molecule has 0 aliphatic rings. The molecule has 0 bridgehead atoms. The second kappa shape index (κ2) is 14.7. The summed E-state index contributed by atoms with van der Waals surface area (Å²) >= 11 is 0. The van der Waals surface area contributed by atoms with Crippen molar-refractivity contribution in [3.8, 4) is 11.3 Å². The Hall–Kier alpha value is -4.15. The van der Waals surface area contributed by atoms with E-state index in [4.69, 9.17) is 4.52 Å². The largest absolute Gasteiger partial charge is 0.416 e. The van der Waals surface area contributed by atoms with Gasteiger partial charge in [0.15, 0.2) is 0 Å². The van der Waals surface area contributed by atoms with Crippen LogP contribution >= 0.6 is 0 Å². The average molecular weight is 593 g/mol. The van der Waals surface area contributed by atoms with Crippen molar-refractivity contribution in [2.45, 2.75) is 59.7 Å². The number of aryl methyl sites for hydroxylation is 1. The molecule has 3 rings (SSSR count). The zero-order valence-electron chi connectivity index (χ0n) is 24.3. The number of nitrogens with zero attached hydrogens (tertiary/aromatic N) is 3. The molecule has 0 aliphatic heterocycles. The Bertz CT molecular complexity index is 1460. The lowest BCUT2D eigenvalue weighted by molar-refractivity contribution is -0.137. The van der Waals surface area contributed by atoms with E-state index in [0.29, 0.717) is 37.3 Å². The zero-order valence-corrected chi connectivity index (χ0v) is 24.3. The fourth-order valence-electron chi connectivity index (χ4n) is 3.74. The summed E-state index contributed by atoms with van der Waals surface area (Å²) in [6, 6.07) is 8.69. The van der Waals surface area contributed by atoms with Gasteiger partial charge in [0.1, 0.15) is 17.3 Å². The Labute approximate surface area is 241 Å². The normalized spacial score (nSPS) is 12.8. The fourth-order valence-corrected chi connectivity index (χ4v) is 3.74. The quantitative estimate of drug-likeness (QED) is 0.123. The molecule has 0 amide bonds. The van der Waals surface area contributed by atoms with E-state index in [1.165, 1.54) is 12.1 Å². The average Bonchev–Trinajstić information content (AvgIpc) is 3.41. The smallest absolute Gasteiger partial charge is 0.361 e. The van der Waals surface area contributed by atoms with Crippen molar-refractivity contribution >= 4 is 12.1 Å². The zero-order chi connectivity index (χ0) is 31.7. The molecule has 0 saturated heterocycles. The Balaban J connectivity index is 0.000000293. The van der Waals surface area contributed by atoms with Gasteiger partial charge < -0.3 is 9.84 Å². The van der Waals surface area contributed by atoms with Crippen molar-refractivity contribution < 1.29 is 30.9 Å². The third kappa shape index (κ3) is 9.46. The van der Waals surface area contributed by atoms with Gasteiger partial charge in [-0.1, -0.05) is 42.9 Å². The van der Waals surface area contributed by atoms with Crippen LogP contribution in [0.4, 0.5) is 26.3 Å². The predicted molar refractivity (Wildman–Crippen MR) is 154 cm³/mol. The van der Waals surface area contributed by atoms with E-state index < -0.39 is 23.2 Å². The molecule has 1 aromatic heterocycles. The standard InChI is InChI=1S/C17H22FN3.C14H12F5NO/c1-6-17(12(2)10-19-5)21-14(4)20-11-15-8-7-9-16(18)13(15)3;1-3-9-7-12(20-21-9)10-5-4-8(14(17,18)19)6-11(10)13(2,15)16/h6-10H,2,11H2,1,3-5H3,(H,20,21);4-7H,3H2,1-2H3/b17-6+,19-10?;. The first-order chi connectivity index (χ1) is 19.6. The fraction of sp³-hybridized carbons (Fsp3) is 0.323. The number of aromatic nitrogens is 1. The molecule has 5 nitrogen and oxygen atoms in total. The minimum atomic E-state index is -4.68. The van der Waals surface area contributed by atoms with Crippen LogP contribution in [0.25, 0.3) is 11.3 Å². The van der Waals surface area contributed by atoms with Crippen molar-refractivity contribution in [3.63, 3.8) is 0 Å². The highest BCUT2D eigenvalue weighted by molar-refractivity contribution is 5.88. The maximum atomic E-state index is 13.6. The molecular formula is C31H34F6N4O. The van der Waals surface area contributed by atoms with Crippen LogP contribution in [0.3, 0.4) is 0 Å². The molecule has 1 N–H and O–H groups in total. The van der Waals surface area contributed by atoms with Gasteiger partial charge in [0.2, 0.25) is 0 Å². The molecule has 0 saturated carbocycles. The lowest BCUT2D eigenvalue weighted by Gasteiger charge is -2.17. The Morgan fingerprint density at radius 1 is 1.12 bits per heavy atom. The predicted octanol–water partition coefficient (Wildman–Crippen LogP) is 8.84. The van der Waals surface area contributed by atoms with Crippen LogP contribution in [0.1, 0.15) is 55.7 Å². The van der Waals surface area contributed by atoms with Crippen molar-refractivity contribution in [2.75, 3.05) is 7.05 Å². The van der Waals surface area contributed by atoms with E-state index in [0.717, 1.165) is 34.8 Å². The minimum Gasteiger partial charge on any atom is -0.361 e. The van der Waals surface area contributed by atoms with Crippen LogP contribution in [0.5, 0.6) is 0 Å². The molecule has 0 unspecified atom stereocenters. The van der Waals surface area contributed by atoms with Gasteiger partial charge in [-0.05, 0) is 50.1 Å². The van der Waals surface area contributed by atoms with Gasteiger partial charge in [-0.3, -0.25) is 9.98 Å². The lowest BCUT2D eigenvalue weighted by atomic mass is 9.97. The summed E-state index contributed by atoms with van der Waals surface area (Å²) < 4.78 is 83.6. The second-order valence-electron chi connectivity index (χ2n) is 9.34. The molecule has 11 heteroatoms. The minimum absolute atomic E-state index is 0.0704. The molecule has 3 aromatic rings. The summed E-state index contributed by atoms with van der Waals surface area (Å²) in [5, 5.41) is 6.82. The van der Waals surface area contributed by atoms with Crippen LogP contribution in [0.15, 0.2) is 80.9 Å². The highest BCUT2D eigenvalue weighted by Crippen LogP contribution is 2.39. The molecule has 0 aliphatic carbocycles. The van der Waals surface area contributed by atoms with Crippen molar-refractivity contribution in [1.29, 1.82) is 0 Å². The van der Waals surface area contributed by atoms with Crippen LogP contribution < -0.4 is 5.32 Å². The van der Waals surface area contributed by atoms with Crippen LogP contribution in [-0.2, 0) is 25.1 Å². The number of halogens is 6. The summed E-state index contributed by atoms with van der Waals surface area (Å²) in [6.07, 6.45) is -0.578. The molecule has 226 valence electrons. The summed E-state index contributed by atoms with van der Waals surface area (Å²) in [4.78, 5) is 8.38. The van der Waals surface area contributed by atoms with E-state index in [2.05, 4.69) is 27.0 Å². The molecule has 0 fully saturated rings. The van der Waals surface area contributed by atoms with Gasteiger partial charge in [0.25, 0.3) is 5.92 Å². The van der Waals surface area contributed by atoms with Crippen molar-refractivity contribution in [2.24, 2.45) is 9.98 Å². The maximum absolute atomic E-state index is 13.6. The Kier molecular flexibility index (Phi) is 11.9. The van der Waals surface area contributed by atoms with Gasteiger partial charge in [-0.25, -0.2) is 13.2 Å². The molecule has 0 radical (unpaired) electrons. The number of rotatable bonds is 8. The van der Waals surface area contributed by atoms with Crippen LogP contribution in [-0.4, -0.2) is 24.3 Å². The SMILES string of the molecule is C=C(C=NC)/C(=C\C)NC(C)=NCc1cccc(F)c1C.CCc1cc(-c2ccc(C(F)(F)F)cc2C(C)(F)F)no1. The highest BCUT2D eigenvalue weighted by atomic mass is 19.4. The van der Waals surface area contributed by atoms with E-state index in [-0.39, 0.29) is 17.1 Å². The first-order valence-electron chi connectivity index (χ1n) is 13.0. The topological polar surface area (TPSA) is 62.8 Å². The second-order valence-corrected chi connectivity index (χ2v) is 9.34. The number of alkyl halides is 5. The number of aliphatic imine (C=N–C) groups is 2. The van der Waals surface area contributed by atoms with E-state index in [9.17, 15) is 26.3 Å². The first-order valence-corrected chi connectivity index (χ1v) is 13.0. The Morgan fingerprint density at radius 2 is 1.81 bits per heavy atom. The summed E-state index contributed by atoms with van der Waals surface area (Å²) in [7, 11) is 1.70. The molecule has 42 heavy (non-hydrogen) atoms. The maximum Gasteiger partial charge on any atom is 0.416 e. The lowest BCUT2D eigenvalue weighted by Crippen LogP contribution is -2.21. The van der Waals surface area contributed by atoms with Gasteiger partial charge in [-0.2, -0.15) is 13.2 Å². The van der Waals surface area contributed by atoms with Crippen LogP contribution in [0, 0.1) is 12.7 Å². The van der Waals surface area contributed by atoms with Crippen LogP contribution in [0.2, 0.25) is 0 Å². The number of benzene rings is 2. The molecular weight excluding hydrogens is 558 g/mol. The van der Waals surface area contributed by atoms with Crippen molar-refractivity contribution in [3.05, 3.63) is 100 Å². The highest BCUT2D eigenvalue weighted by Gasteiger charge is 2.35. The van der Waals surface area contributed by atoms with Gasteiger partial charge in [0, 0.05) is 55.1 Å². The summed E-state index contributed by atoms with van der Waals surface area (Å²) in [6.45, 7) is 12.2. The van der Waals surface area contributed by atoms with E-state index in [1.54, 1.807) is 33.2 Å². The third-order valence-electron chi connectivity index (χ3n) is 6.10. The van der Waals surface area contributed by atoms with Crippen molar-refractivity contribution in [1.82, 2.24) is 10.5 Å². The van der Waals surface area contributed by atoms with Gasteiger partial charge >= 0.3 is 6.18 Å². The number of nitrogens with one attached hydrogen (secondary N) is 1. The van der Waals surface area contributed by atoms with E-state index in [1.807, 2.05) is 26.0 Å². The molecule has 0 atom stereocenters. The number of hydrogen-bond donors (Lipinski definition) is 1.